The number of rotatable bonds is 5. The SMILES string of the molecule is CCCSc1nc2sc3c(c2c(=O)n1-c1ccc(OC)cc1)CCC(C(C)(C)C)C3. The maximum absolute atomic E-state index is 13.8. The molecule has 1 aliphatic rings. The van der Waals surface area contributed by atoms with E-state index >= 15 is 0 Å². The van der Waals surface area contributed by atoms with Crippen LogP contribution in [0.15, 0.2) is 34.2 Å². The molecule has 6 heteroatoms. The lowest BCUT2D eigenvalue weighted by molar-refractivity contribution is 0.218. The maximum Gasteiger partial charge on any atom is 0.267 e. The Kier molecular flexibility index (Phi) is 5.99. The van der Waals surface area contributed by atoms with E-state index in [0.29, 0.717) is 5.92 Å². The molecule has 30 heavy (non-hydrogen) atoms. The van der Waals surface area contributed by atoms with Crippen LogP contribution in [0.25, 0.3) is 15.9 Å². The lowest BCUT2D eigenvalue weighted by atomic mass is 9.72. The smallest absolute Gasteiger partial charge is 0.267 e. The second-order valence-corrected chi connectivity index (χ2v) is 11.2. The Morgan fingerprint density at radius 2 is 2.00 bits per heavy atom. The largest absolute Gasteiger partial charge is 0.497 e. The van der Waals surface area contributed by atoms with Gasteiger partial charge in [-0.3, -0.25) is 9.36 Å². The summed E-state index contributed by atoms with van der Waals surface area (Å²) in [7, 11) is 1.65. The van der Waals surface area contributed by atoms with Crippen LogP contribution in [0.4, 0.5) is 0 Å². The molecule has 2 heterocycles. The van der Waals surface area contributed by atoms with Gasteiger partial charge in [0.25, 0.3) is 5.56 Å². The third-order valence-electron chi connectivity index (χ3n) is 6.04. The lowest BCUT2D eigenvalue weighted by Crippen LogP contribution is -2.27. The fourth-order valence-corrected chi connectivity index (χ4v) is 6.40. The summed E-state index contributed by atoms with van der Waals surface area (Å²) in [6.07, 6.45) is 4.20. The van der Waals surface area contributed by atoms with Gasteiger partial charge in [0.05, 0.1) is 18.2 Å². The zero-order valence-electron chi connectivity index (χ0n) is 18.4. The van der Waals surface area contributed by atoms with Gasteiger partial charge in [-0.05, 0) is 66.8 Å². The van der Waals surface area contributed by atoms with Crippen molar-refractivity contribution in [2.24, 2.45) is 11.3 Å². The second-order valence-electron chi connectivity index (χ2n) is 9.07. The van der Waals surface area contributed by atoms with E-state index in [9.17, 15) is 4.79 Å². The summed E-state index contributed by atoms with van der Waals surface area (Å²) in [5.74, 6) is 2.37. The number of fused-ring (bicyclic) bond motifs is 3. The topological polar surface area (TPSA) is 44.1 Å². The average Bonchev–Trinajstić information content (AvgIpc) is 3.09. The van der Waals surface area contributed by atoms with Crippen LogP contribution < -0.4 is 10.3 Å². The Bertz CT molecular complexity index is 1110. The molecule has 2 aromatic heterocycles. The summed E-state index contributed by atoms with van der Waals surface area (Å²) in [5.41, 5.74) is 2.43. The lowest BCUT2D eigenvalue weighted by Gasteiger charge is -2.33. The van der Waals surface area contributed by atoms with Crippen LogP contribution in [0.5, 0.6) is 5.75 Å². The number of hydrogen-bond acceptors (Lipinski definition) is 5. The van der Waals surface area contributed by atoms with Gasteiger partial charge in [-0.25, -0.2) is 4.98 Å². The van der Waals surface area contributed by atoms with Crippen molar-refractivity contribution in [3.63, 3.8) is 0 Å². The summed E-state index contributed by atoms with van der Waals surface area (Å²) < 4.78 is 7.09. The average molecular weight is 443 g/mol. The van der Waals surface area contributed by atoms with E-state index in [2.05, 4.69) is 27.7 Å². The van der Waals surface area contributed by atoms with Crippen molar-refractivity contribution in [1.82, 2.24) is 9.55 Å². The zero-order chi connectivity index (χ0) is 21.5. The Morgan fingerprint density at radius 3 is 2.63 bits per heavy atom. The minimum atomic E-state index is 0.0653. The first kappa shape index (κ1) is 21.4. The fourth-order valence-electron chi connectivity index (χ4n) is 4.19. The molecule has 0 spiro atoms. The molecule has 0 amide bonds. The Morgan fingerprint density at radius 1 is 1.27 bits per heavy atom. The van der Waals surface area contributed by atoms with E-state index < -0.39 is 0 Å². The molecule has 3 aromatic rings. The minimum Gasteiger partial charge on any atom is -0.497 e. The van der Waals surface area contributed by atoms with E-state index in [1.807, 2.05) is 24.3 Å². The van der Waals surface area contributed by atoms with E-state index in [0.717, 1.165) is 58.2 Å². The van der Waals surface area contributed by atoms with Crippen LogP contribution in [0, 0.1) is 11.3 Å². The predicted molar refractivity (Wildman–Crippen MR) is 128 cm³/mol. The van der Waals surface area contributed by atoms with Crippen molar-refractivity contribution in [3.05, 3.63) is 45.1 Å². The van der Waals surface area contributed by atoms with Crippen LogP contribution >= 0.6 is 23.1 Å². The molecule has 0 fully saturated rings. The summed E-state index contributed by atoms with van der Waals surface area (Å²) >= 11 is 3.39. The molecule has 160 valence electrons. The Labute approximate surface area is 186 Å². The fraction of sp³-hybridized carbons (Fsp3) is 0.500. The normalized spacial score (nSPS) is 16.6. The molecular weight excluding hydrogens is 412 g/mol. The number of thiophene rings is 1. The first-order valence-electron chi connectivity index (χ1n) is 10.7. The molecule has 0 N–H and O–H groups in total. The van der Waals surface area contributed by atoms with Crippen molar-refractivity contribution in [1.29, 1.82) is 0 Å². The zero-order valence-corrected chi connectivity index (χ0v) is 20.1. The van der Waals surface area contributed by atoms with Gasteiger partial charge in [-0.1, -0.05) is 39.5 Å². The van der Waals surface area contributed by atoms with Gasteiger partial charge in [0.1, 0.15) is 10.6 Å². The molecule has 1 aromatic carbocycles. The molecular formula is C24H30N2O2S2. The Hall–Kier alpha value is -1.79. The van der Waals surface area contributed by atoms with Crippen molar-refractivity contribution >= 4 is 33.3 Å². The van der Waals surface area contributed by atoms with Gasteiger partial charge in [-0.15, -0.1) is 11.3 Å². The summed E-state index contributed by atoms with van der Waals surface area (Å²) in [5, 5.41) is 1.62. The maximum atomic E-state index is 13.8. The van der Waals surface area contributed by atoms with Crippen molar-refractivity contribution in [2.75, 3.05) is 12.9 Å². The second kappa shape index (κ2) is 8.39. The van der Waals surface area contributed by atoms with Crippen molar-refractivity contribution in [3.8, 4) is 11.4 Å². The third kappa shape index (κ3) is 3.92. The van der Waals surface area contributed by atoms with E-state index in [1.54, 1.807) is 34.8 Å². The number of methoxy groups -OCH3 is 1. The van der Waals surface area contributed by atoms with Crippen LogP contribution in [0.3, 0.4) is 0 Å². The van der Waals surface area contributed by atoms with E-state index in [-0.39, 0.29) is 11.0 Å². The molecule has 1 unspecified atom stereocenters. The van der Waals surface area contributed by atoms with Gasteiger partial charge in [0, 0.05) is 10.6 Å². The quantitative estimate of drug-likeness (QED) is 0.353. The Balaban J connectivity index is 1.88. The highest BCUT2D eigenvalue weighted by Gasteiger charge is 2.32. The van der Waals surface area contributed by atoms with Gasteiger partial charge in [0.2, 0.25) is 0 Å². The molecule has 1 aliphatic carbocycles. The summed E-state index contributed by atoms with van der Waals surface area (Å²) in [6.45, 7) is 9.12. The summed E-state index contributed by atoms with van der Waals surface area (Å²) in [4.78, 5) is 21.0. The number of ether oxygens (including phenoxy) is 1. The number of aryl methyl sites for hydroxylation is 1. The van der Waals surface area contributed by atoms with Crippen LogP contribution in [0.1, 0.15) is 51.0 Å². The number of nitrogens with zero attached hydrogens (tertiary/aromatic N) is 2. The molecule has 0 bridgehead atoms. The van der Waals surface area contributed by atoms with Crippen molar-refractivity contribution < 1.29 is 4.74 Å². The molecule has 0 saturated carbocycles. The molecule has 0 saturated heterocycles. The van der Waals surface area contributed by atoms with Gasteiger partial charge in [0.15, 0.2) is 5.16 Å². The predicted octanol–water partition coefficient (Wildman–Crippen LogP) is 6.11. The minimum absolute atomic E-state index is 0.0653. The number of hydrogen-bond donors (Lipinski definition) is 0. The first-order chi connectivity index (χ1) is 14.3. The molecule has 1 atom stereocenters. The molecule has 0 aliphatic heterocycles. The standard InChI is InChI=1S/C24H30N2O2S2/c1-6-13-29-23-25-21-20(18-12-7-15(24(2,3)4)14-19(18)30-21)22(27)26(23)16-8-10-17(28-5)11-9-16/h8-11,15H,6-7,12-14H2,1-5H3. The number of aromatic nitrogens is 2. The van der Waals surface area contributed by atoms with Crippen molar-refractivity contribution in [2.45, 2.75) is 58.5 Å². The first-order valence-corrected chi connectivity index (χ1v) is 12.5. The number of benzene rings is 1. The van der Waals surface area contributed by atoms with Gasteiger partial charge in [-0.2, -0.15) is 0 Å². The van der Waals surface area contributed by atoms with E-state index in [1.165, 1.54) is 10.4 Å². The van der Waals surface area contributed by atoms with Crippen LogP contribution in [-0.2, 0) is 12.8 Å². The highest BCUT2D eigenvalue weighted by molar-refractivity contribution is 7.99. The van der Waals surface area contributed by atoms with Crippen LogP contribution in [-0.4, -0.2) is 22.4 Å². The van der Waals surface area contributed by atoms with Gasteiger partial charge >= 0.3 is 0 Å². The highest BCUT2D eigenvalue weighted by atomic mass is 32.2. The highest BCUT2D eigenvalue weighted by Crippen LogP contribution is 2.42. The van der Waals surface area contributed by atoms with Gasteiger partial charge < -0.3 is 4.74 Å². The van der Waals surface area contributed by atoms with Crippen LogP contribution in [0.2, 0.25) is 0 Å². The van der Waals surface area contributed by atoms with E-state index in [4.69, 9.17) is 9.72 Å². The number of thioether (sulfide) groups is 1. The monoisotopic (exact) mass is 442 g/mol. The third-order valence-corrected chi connectivity index (χ3v) is 8.34. The summed E-state index contributed by atoms with van der Waals surface area (Å²) in [6, 6.07) is 7.69. The molecule has 4 nitrogen and oxygen atoms in total. The molecule has 0 radical (unpaired) electrons. The molecule has 4 rings (SSSR count).